The lowest BCUT2D eigenvalue weighted by molar-refractivity contribution is -0.113. The summed E-state index contributed by atoms with van der Waals surface area (Å²) >= 11 is 13.4. The predicted octanol–water partition coefficient (Wildman–Crippen LogP) is 4.65. The summed E-state index contributed by atoms with van der Waals surface area (Å²) in [6, 6.07) is 11.8. The molecule has 0 aliphatic carbocycles. The Morgan fingerprint density at radius 3 is 2.55 bits per heavy atom. The van der Waals surface area contributed by atoms with Gasteiger partial charge in [0.05, 0.1) is 22.4 Å². The molecule has 0 fully saturated rings. The van der Waals surface area contributed by atoms with Crippen molar-refractivity contribution in [1.29, 1.82) is 0 Å². The number of hydrogen-bond donors (Lipinski definition) is 2. The SMILES string of the molecule is Cc1c(Cl)cccc1NC(=O)CSc1nnc([C@H](C)NC(=O)c2ccccc2Cl)n1C. The lowest BCUT2D eigenvalue weighted by Gasteiger charge is -2.14. The molecule has 31 heavy (non-hydrogen) atoms. The highest BCUT2D eigenvalue weighted by Crippen LogP contribution is 2.24. The van der Waals surface area contributed by atoms with Crippen molar-refractivity contribution < 1.29 is 9.59 Å². The molecule has 1 aromatic heterocycles. The second-order valence-electron chi connectivity index (χ2n) is 6.82. The van der Waals surface area contributed by atoms with Crippen LogP contribution < -0.4 is 10.6 Å². The average molecular weight is 478 g/mol. The number of aromatic nitrogens is 3. The summed E-state index contributed by atoms with van der Waals surface area (Å²) in [5.74, 6) is 0.235. The molecular weight excluding hydrogens is 457 g/mol. The van der Waals surface area contributed by atoms with Gasteiger partial charge in [-0.15, -0.1) is 10.2 Å². The van der Waals surface area contributed by atoms with Crippen LogP contribution >= 0.6 is 35.0 Å². The van der Waals surface area contributed by atoms with Crippen LogP contribution in [-0.4, -0.2) is 32.3 Å². The standard InChI is InChI=1S/C21H21Cl2N5O2S/c1-12-15(22)9-6-10-17(12)25-18(29)11-31-21-27-26-19(28(21)3)13(2)24-20(30)14-7-4-5-8-16(14)23/h4-10,13H,11H2,1-3H3,(H,24,30)(H,25,29)/t13-/m0/s1. The van der Waals surface area contributed by atoms with E-state index in [2.05, 4.69) is 20.8 Å². The number of benzene rings is 2. The van der Waals surface area contributed by atoms with Crippen LogP contribution in [0.5, 0.6) is 0 Å². The molecule has 0 aliphatic rings. The molecule has 0 radical (unpaired) electrons. The van der Waals surface area contributed by atoms with Crippen LogP contribution in [0.15, 0.2) is 47.6 Å². The van der Waals surface area contributed by atoms with Gasteiger partial charge in [0, 0.05) is 17.8 Å². The molecule has 3 aromatic rings. The van der Waals surface area contributed by atoms with Crippen LogP contribution in [0.2, 0.25) is 10.0 Å². The van der Waals surface area contributed by atoms with E-state index in [9.17, 15) is 9.59 Å². The quantitative estimate of drug-likeness (QED) is 0.483. The molecule has 0 saturated carbocycles. The van der Waals surface area contributed by atoms with Crippen molar-refractivity contribution in [3.8, 4) is 0 Å². The first-order valence-electron chi connectivity index (χ1n) is 9.40. The van der Waals surface area contributed by atoms with Gasteiger partial charge < -0.3 is 15.2 Å². The van der Waals surface area contributed by atoms with Gasteiger partial charge in [0.1, 0.15) is 0 Å². The summed E-state index contributed by atoms with van der Waals surface area (Å²) < 4.78 is 1.75. The van der Waals surface area contributed by atoms with Crippen molar-refractivity contribution in [2.45, 2.75) is 25.0 Å². The van der Waals surface area contributed by atoms with Gasteiger partial charge in [0.15, 0.2) is 11.0 Å². The van der Waals surface area contributed by atoms with Gasteiger partial charge >= 0.3 is 0 Å². The van der Waals surface area contributed by atoms with Crippen molar-refractivity contribution in [2.75, 3.05) is 11.1 Å². The Morgan fingerprint density at radius 1 is 1.10 bits per heavy atom. The van der Waals surface area contributed by atoms with Crippen molar-refractivity contribution in [2.24, 2.45) is 7.05 Å². The molecule has 2 aromatic carbocycles. The zero-order valence-corrected chi connectivity index (χ0v) is 19.5. The fourth-order valence-corrected chi connectivity index (χ4v) is 3.99. The first-order chi connectivity index (χ1) is 14.8. The van der Waals surface area contributed by atoms with E-state index in [1.165, 1.54) is 11.8 Å². The summed E-state index contributed by atoms with van der Waals surface area (Å²) in [4.78, 5) is 24.8. The van der Waals surface area contributed by atoms with E-state index in [4.69, 9.17) is 23.2 Å². The van der Waals surface area contributed by atoms with Gasteiger partial charge in [0.2, 0.25) is 5.91 Å². The van der Waals surface area contributed by atoms with Crippen molar-refractivity contribution >= 4 is 52.5 Å². The Kier molecular flexibility index (Phi) is 7.59. The third kappa shape index (κ3) is 5.58. The van der Waals surface area contributed by atoms with Gasteiger partial charge in [-0.3, -0.25) is 9.59 Å². The fraction of sp³-hybridized carbons (Fsp3) is 0.238. The maximum atomic E-state index is 12.5. The van der Waals surface area contributed by atoms with Crippen molar-refractivity contribution in [3.63, 3.8) is 0 Å². The molecule has 3 rings (SSSR count). The van der Waals surface area contributed by atoms with Crippen LogP contribution in [0, 0.1) is 6.92 Å². The minimum Gasteiger partial charge on any atom is -0.342 e. The molecule has 0 aliphatic heterocycles. The molecular formula is C21H21Cl2N5O2S. The summed E-state index contributed by atoms with van der Waals surface area (Å²) in [5, 5.41) is 15.6. The number of nitrogens with one attached hydrogen (secondary N) is 2. The molecule has 1 atom stereocenters. The highest BCUT2D eigenvalue weighted by atomic mass is 35.5. The number of anilines is 1. The highest BCUT2D eigenvalue weighted by molar-refractivity contribution is 7.99. The Bertz CT molecular complexity index is 1120. The molecule has 0 spiro atoms. The van der Waals surface area contributed by atoms with E-state index in [1.807, 2.05) is 13.8 Å². The molecule has 10 heteroatoms. The topological polar surface area (TPSA) is 88.9 Å². The summed E-state index contributed by atoms with van der Waals surface area (Å²) in [6.45, 7) is 3.65. The number of nitrogens with zero attached hydrogens (tertiary/aromatic N) is 3. The Labute approximate surface area is 194 Å². The predicted molar refractivity (Wildman–Crippen MR) is 124 cm³/mol. The number of halogens is 2. The largest absolute Gasteiger partial charge is 0.342 e. The number of carbonyl (C=O) groups excluding carboxylic acids is 2. The molecule has 1 heterocycles. The summed E-state index contributed by atoms with van der Waals surface area (Å²) in [5.41, 5.74) is 1.87. The van der Waals surface area contributed by atoms with E-state index in [-0.39, 0.29) is 17.6 Å². The Morgan fingerprint density at radius 2 is 1.81 bits per heavy atom. The number of carbonyl (C=O) groups is 2. The normalized spacial score (nSPS) is 11.8. The highest BCUT2D eigenvalue weighted by Gasteiger charge is 2.20. The molecule has 2 amide bonds. The lowest BCUT2D eigenvalue weighted by atomic mass is 10.2. The minimum atomic E-state index is -0.404. The summed E-state index contributed by atoms with van der Waals surface area (Å²) in [7, 11) is 1.79. The fourth-order valence-electron chi connectivity index (χ4n) is 2.87. The van der Waals surface area contributed by atoms with Crippen LogP contribution in [0.4, 0.5) is 5.69 Å². The van der Waals surface area contributed by atoms with E-state index in [0.717, 1.165) is 5.56 Å². The van der Waals surface area contributed by atoms with E-state index < -0.39 is 6.04 Å². The smallest absolute Gasteiger partial charge is 0.253 e. The molecule has 162 valence electrons. The second kappa shape index (κ2) is 10.2. The molecule has 7 nitrogen and oxygen atoms in total. The summed E-state index contributed by atoms with van der Waals surface area (Å²) in [6.07, 6.45) is 0. The van der Waals surface area contributed by atoms with Crippen LogP contribution in [-0.2, 0) is 11.8 Å². The van der Waals surface area contributed by atoms with E-state index >= 15 is 0 Å². The number of thioether (sulfide) groups is 1. The zero-order valence-electron chi connectivity index (χ0n) is 17.1. The molecule has 0 bridgehead atoms. The number of amides is 2. The average Bonchev–Trinajstić information content (AvgIpc) is 3.10. The first-order valence-corrected chi connectivity index (χ1v) is 11.1. The maximum absolute atomic E-state index is 12.5. The van der Waals surface area contributed by atoms with Gasteiger partial charge in [-0.05, 0) is 43.7 Å². The zero-order chi connectivity index (χ0) is 22.5. The maximum Gasteiger partial charge on any atom is 0.253 e. The van der Waals surface area contributed by atoms with Crippen molar-refractivity contribution in [3.05, 3.63) is 69.5 Å². The van der Waals surface area contributed by atoms with Gasteiger partial charge in [-0.1, -0.05) is 53.2 Å². The number of hydrogen-bond acceptors (Lipinski definition) is 5. The van der Waals surface area contributed by atoms with Gasteiger partial charge in [-0.2, -0.15) is 0 Å². The number of rotatable bonds is 7. The minimum absolute atomic E-state index is 0.151. The van der Waals surface area contributed by atoms with Crippen LogP contribution in [0.3, 0.4) is 0 Å². The second-order valence-corrected chi connectivity index (χ2v) is 8.58. The van der Waals surface area contributed by atoms with Crippen LogP contribution in [0.25, 0.3) is 0 Å². The van der Waals surface area contributed by atoms with Gasteiger partial charge in [-0.25, -0.2) is 0 Å². The van der Waals surface area contributed by atoms with Gasteiger partial charge in [0.25, 0.3) is 5.91 Å². The Balaban J connectivity index is 1.60. The molecule has 0 saturated heterocycles. The third-order valence-electron chi connectivity index (χ3n) is 4.60. The lowest BCUT2D eigenvalue weighted by Crippen LogP contribution is -2.28. The third-order valence-corrected chi connectivity index (χ3v) is 6.36. The monoisotopic (exact) mass is 477 g/mol. The van der Waals surface area contributed by atoms with Crippen LogP contribution in [0.1, 0.15) is 34.7 Å². The van der Waals surface area contributed by atoms with Crippen molar-refractivity contribution in [1.82, 2.24) is 20.1 Å². The Hall–Kier alpha value is -2.55. The molecule has 0 unspecified atom stereocenters. The van der Waals surface area contributed by atoms with E-state index in [0.29, 0.717) is 32.3 Å². The first kappa shape index (κ1) is 23.1. The van der Waals surface area contributed by atoms with E-state index in [1.54, 1.807) is 54.1 Å². The molecule has 2 N–H and O–H groups in total.